The number of nitrogens with one attached hydrogen (secondary N) is 1. The van der Waals surface area contributed by atoms with Gasteiger partial charge in [-0.25, -0.2) is 0 Å². The van der Waals surface area contributed by atoms with Crippen molar-refractivity contribution in [2.24, 2.45) is 0 Å². The first-order valence-corrected chi connectivity index (χ1v) is 7.32. The number of rotatable bonds is 5. The van der Waals surface area contributed by atoms with E-state index in [1.807, 2.05) is 6.92 Å². The van der Waals surface area contributed by atoms with Crippen molar-refractivity contribution in [2.45, 2.75) is 51.5 Å². The van der Waals surface area contributed by atoms with Crippen molar-refractivity contribution >= 4 is 5.91 Å². The van der Waals surface area contributed by atoms with Gasteiger partial charge >= 0.3 is 0 Å². The van der Waals surface area contributed by atoms with Crippen LogP contribution in [0, 0.1) is 6.92 Å². The fourth-order valence-electron chi connectivity index (χ4n) is 2.52. The van der Waals surface area contributed by atoms with Gasteiger partial charge in [-0.3, -0.25) is 9.48 Å². The van der Waals surface area contributed by atoms with E-state index in [2.05, 4.69) is 10.4 Å². The van der Waals surface area contributed by atoms with Crippen molar-refractivity contribution in [3.8, 4) is 0 Å². The van der Waals surface area contributed by atoms with Gasteiger partial charge in [0.05, 0.1) is 23.9 Å². The van der Waals surface area contributed by atoms with Crippen molar-refractivity contribution in [1.82, 2.24) is 15.1 Å². The molecule has 1 aromatic heterocycles. The predicted molar refractivity (Wildman–Crippen MR) is 76.0 cm³/mol. The van der Waals surface area contributed by atoms with E-state index in [1.165, 1.54) is 0 Å². The molecule has 1 fully saturated rings. The maximum atomic E-state index is 12.3. The first-order chi connectivity index (χ1) is 10.1. The van der Waals surface area contributed by atoms with Gasteiger partial charge < -0.3 is 20.3 Å². The lowest BCUT2D eigenvalue weighted by Gasteiger charge is -2.34. The number of aryl methyl sites for hydroxylation is 2. The van der Waals surface area contributed by atoms with Gasteiger partial charge in [-0.2, -0.15) is 5.10 Å². The second-order valence-corrected chi connectivity index (χ2v) is 5.34. The lowest BCUT2D eigenvalue weighted by atomic mass is 9.99. The predicted octanol–water partition coefficient (Wildman–Crippen LogP) is -0.158. The Labute approximate surface area is 123 Å². The normalized spacial score (nSPS) is 25.8. The summed E-state index contributed by atoms with van der Waals surface area (Å²) in [5.41, 5.74) is 1.18. The summed E-state index contributed by atoms with van der Waals surface area (Å²) in [4.78, 5) is 12.3. The number of amides is 1. The van der Waals surface area contributed by atoms with Crippen molar-refractivity contribution in [2.75, 3.05) is 13.2 Å². The molecule has 1 saturated heterocycles. The van der Waals surface area contributed by atoms with Crippen molar-refractivity contribution in [1.29, 1.82) is 0 Å². The lowest BCUT2D eigenvalue weighted by Crippen LogP contribution is -2.54. The fourth-order valence-corrected chi connectivity index (χ4v) is 2.52. The van der Waals surface area contributed by atoms with E-state index < -0.39 is 18.2 Å². The minimum Gasteiger partial charge on any atom is -0.394 e. The molecule has 0 aromatic carbocycles. The van der Waals surface area contributed by atoms with E-state index in [1.54, 1.807) is 17.8 Å². The molecule has 0 radical (unpaired) electrons. The summed E-state index contributed by atoms with van der Waals surface area (Å²) in [5.74, 6) is -0.252. The minimum atomic E-state index is -0.904. The summed E-state index contributed by atoms with van der Waals surface area (Å²) in [6, 6.07) is -0.419. The highest BCUT2D eigenvalue weighted by molar-refractivity contribution is 5.95. The highest BCUT2D eigenvalue weighted by Crippen LogP contribution is 2.16. The maximum absolute atomic E-state index is 12.3. The monoisotopic (exact) mass is 297 g/mol. The molecule has 3 atom stereocenters. The molecular formula is C14H23N3O4. The van der Waals surface area contributed by atoms with E-state index in [4.69, 9.17) is 9.84 Å². The van der Waals surface area contributed by atoms with Crippen LogP contribution in [0.15, 0.2) is 6.20 Å². The van der Waals surface area contributed by atoms with Gasteiger partial charge in [0.2, 0.25) is 0 Å². The van der Waals surface area contributed by atoms with Crippen molar-refractivity contribution < 1.29 is 19.7 Å². The first kappa shape index (κ1) is 15.9. The third kappa shape index (κ3) is 3.61. The third-order valence-electron chi connectivity index (χ3n) is 3.69. The average molecular weight is 297 g/mol. The Bertz CT molecular complexity index is 489. The van der Waals surface area contributed by atoms with E-state index in [0.29, 0.717) is 24.3 Å². The zero-order chi connectivity index (χ0) is 15.4. The van der Waals surface area contributed by atoms with Crippen molar-refractivity contribution in [3.05, 3.63) is 17.5 Å². The highest BCUT2D eigenvalue weighted by Gasteiger charge is 2.33. The van der Waals surface area contributed by atoms with Crippen LogP contribution in [-0.4, -0.2) is 57.4 Å². The number of nitrogens with zero attached hydrogens (tertiary/aromatic N) is 2. The van der Waals surface area contributed by atoms with Crippen LogP contribution in [-0.2, 0) is 11.3 Å². The van der Waals surface area contributed by atoms with Gasteiger partial charge in [-0.1, -0.05) is 6.92 Å². The zero-order valence-corrected chi connectivity index (χ0v) is 12.5. The number of ether oxygens (including phenoxy) is 1. The van der Waals surface area contributed by atoms with E-state index >= 15 is 0 Å². The number of carbonyl (C=O) groups is 1. The van der Waals surface area contributed by atoms with Crippen LogP contribution >= 0.6 is 0 Å². The van der Waals surface area contributed by atoms with Crippen molar-refractivity contribution in [3.63, 3.8) is 0 Å². The topological polar surface area (TPSA) is 96.6 Å². The van der Waals surface area contributed by atoms with Crippen LogP contribution in [0.2, 0.25) is 0 Å². The fraction of sp³-hybridized carbons (Fsp3) is 0.714. The molecule has 0 unspecified atom stereocenters. The number of hydrogen-bond acceptors (Lipinski definition) is 5. The first-order valence-electron chi connectivity index (χ1n) is 7.32. The van der Waals surface area contributed by atoms with Crippen LogP contribution in [0.4, 0.5) is 0 Å². The number of aromatic nitrogens is 2. The molecule has 1 aromatic rings. The Hall–Kier alpha value is -1.44. The zero-order valence-electron chi connectivity index (χ0n) is 12.5. The number of hydrogen-bond donors (Lipinski definition) is 3. The second kappa shape index (κ2) is 7.02. The quantitative estimate of drug-likeness (QED) is 0.702. The van der Waals surface area contributed by atoms with Crippen LogP contribution in [0.25, 0.3) is 0 Å². The number of aliphatic hydroxyl groups is 2. The summed E-state index contributed by atoms with van der Waals surface area (Å²) in [7, 11) is 0. The van der Waals surface area contributed by atoms with Gasteiger partial charge in [0, 0.05) is 19.3 Å². The van der Waals surface area contributed by atoms with Gasteiger partial charge in [-0.15, -0.1) is 0 Å². The molecule has 2 rings (SSSR count). The largest absolute Gasteiger partial charge is 0.394 e. The van der Waals surface area contributed by atoms with Crippen LogP contribution in [0.5, 0.6) is 0 Å². The molecule has 2 heterocycles. The summed E-state index contributed by atoms with van der Waals surface area (Å²) in [6.45, 7) is 4.74. The lowest BCUT2D eigenvalue weighted by molar-refractivity contribution is -0.107. The summed E-state index contributed by atoms with van der Waals surface area (Å²) in [5, 5.41) is 26.3. The number of aliphatic hydroxyl groups excluding tert-OH is 2. The minimum absolute atomic E-state index is 0.252. The molecule has 3 N–H and O–H groups in total. The third-order valence-corrected chi connectivity index (χ3v) is 3.69. The summed E-state index contributed by atoms with van der Waals surface area (Å²) in [6.07, 6.45) is 1.64. The van der Waals surface area contributed by atoms with Crippen LogP contribution in [0.1, 0.15) is 35.8 Å². The maximum Gasteiger partial charge on any atom is 0.255 e. The van der Waals surface area contributed by atoms with Crippen LogP contribution in [0.3, 0.4) is 0 Å². The van der Waals surface area contributed by atoms with E-state index in [-0.39, 0.29) is 12.5 Å². The molecule has 21 heavy (non-hydrogen) atoms. The van der Waals surface area contributed by atoms with E-state index in [0.717, 1.165) is 13.0 Å². The smallest absolute Gasteiger partial charge is 0.255 e. The van der Waals surface area contributed by atoms with Gasteiger partial charge in [0.25, 0.3) is 5.91 Å². The summed E-state index contributed by atoms with van der Waals surface area (Å²) < 4.78 is 7.00. The average Bonchev–Trinajstić information content (AvgIpc) is 2.82. The van der Waals surface area contributed by atoms with Gasteiger partial charge in [0.15, 0.2) is 0 Å². The molecule has 118 valence electrons. The molecule has 0 saturated carbocycles. The SMILES string of the molecule is CCCn1cc(C(=O)N[C@H]2CCO[C@H](CO)[C@H]2O)c(C)n1. The van der Waals surface area contributed by atoms with Gasteiger partial charge in [0.1, 0.15) is 12.2 Å². The molecule has 7 heteroatoms. The Kier molecular flexibility index (Phi) is 5.33. The standard InChI is InChI=1S/C14H23N3O4/c1-3-5-17-7-10(9(2)16-17)14(20)15-11-4-6-21-12(8-18)13(11)19/h7,11-13,18-19H,3-6,8H2,1-2H3,(H,15,20)/t11-,12+,13-/m0/s1. The highest BCUT2D eigenvalue weighted by atomic mass is 16.5. The van der Waals surface area contributed by atoms with Gasteiger partial charge in [-0.05, 0) is 19.8 Å². The molecule has 1 aliphatic rings. The molecule has 0 bridgehead atoms. The molecule has 7 nitrogen and oxygen atoms in total. The Morgan fingerprint density at radius 2 is 2.38 bits per heavy atom. The Morgan fingerprint density at radius 3 is 3.05 bits per heavy atom. The Morgan fingerprint density at radius 1 is 1.62 bits per heavy atom. The Balaban J connectivity index is 2.03. The summed E-state index contributed by atoms with van der Waals surface area (Å²) >= 11 is 0. The molecular weight excluding hydrogens is 274 g/mol. The van der Waals surface area contributed by atoms with Crippen LogP contribution < -0.4 is 5.32 Å². The molecule has 1 amide bonds. The molecule has 0 spiro atoms. The van der Waals surface area contributed by atoms with E-state index in [9.17, 15) is 9.90 Å². The molecule has 1 aliphatic heterocycles. The molecule has 0 aliphatic carbocycles. The number of carbonyl (C=O) groups excluding carboxylic acids is 1. The second-order valence-electron chi connectivity index (χ2n) is 5.34.